The van der Waals surface area contributed by atoms with E-state index in [1.54, 1.807) is 0 Å². The molecule has 4 nitrogen and oxygen atoms in total. The van der Waals surface area contributed by atoms with Crippen molar-refractivity contribution in [2.75, 3.05) is 26.7 Å². The summed E-state index contributed by atoms with van der Waals surface area (Å²) in [7, 11) is 1.43. The predicted molar refractivity (Wildman–Crippen MR) is 102 cm³/mol. The first-order valence-electron chi connectivity index (χ1n) is 9.27. The van der Waals surface area contributed by atoms with Gasteiger partial charge in [-0.05, 0) is 43.0 Å². The standard InChI is InChI=1S/C22H27NO3/c1-26-21(24)14-17-23-15-12-20(13-16-23)22(25,18-8-4-2-5-9-18)19-10-6-3-7-11-19/h2-11,20,25H,12-17H2,1H3. The second-order valence-electron chi connectivity index (χ2n) is 6.94. The fourth-order valence-electron chi connectivity index (χ4n) is 3.95. The van der Waals surface area contributed by atoms with Crippen molar-refractivity contribution in [2.24, 2.45) is 5.92 Å². The summed E-state index contributed by atoms with van der Waals surface area (Å²) in [5, 5.41) is 11.8. The van der Waals surface area contributed by atoms with Crippen molar-refractivity contribution >= 4 is 5.97 Å². The highest BCUT2D eigenvalue weighted by Crippen LogP contribution is 2.41. The van der Waals surface area contributed by atoms with E-state index in [1.165, 1.54) is 7.11 Å². The van der Waals surface area contributed by atoms with Crippen LogP contribution in [0.5, 0.6) is 0 Å². The number of hydrogen-bond donors (Lipinski definition) is 1. The van der Waals surface area contributed by atoms with Crippen LogP contribution in [0.1, 0.15) is 30.4 Å². The van der Waals surface area contributed by atoms with Crippen molar-refractivity contribution < 1.29 is 14.6 Å². The molecule has 1 N–H and O–H groups in total. The van der Waals surface area contributed by atoms with Crippen LogP contribution in [-0.2, 0) is 15.1 Å². The van der Waals surface area contributed by atoms with Crippen molar-refractivity contribution in [2.45, 2.75) is 24.9 Å². The zero-order chi connectivity index (χ0) is 18.4. The lowest BCUT2D eigenvalue weighted by Crippen LogP contribution is -2.44. The van der Waals surface area contributed by atoms with Gasteiger partial charge in [-0.15, -0.1) is 0 Å². The summed E-state index contributed by atoms with van der Waals surface area (Å²) >= 11 is 0. The second kappa shape index (κ2) is 8.47. The van der Waals surface area contributed by atoms with Gasteiger partial charge in [-0.1, -0.05) is 60.7 Å². The first kappa shape index (κ1) is 18.6. The van der Waals surface area contributed by atoms with Crippen LogP contribution in [0.4, 0.5) is 0 Å². The van der Waals surface area contributed by atoms with Crippen molar-refractivity contribution in [3.63, 3.8) is 0 Å². The Morgan fingerprint density at radius 2 is 1.54 bits per heavy atom. The Morgan fingerprint density at radius 3 is 2.00 bits per heavy atom. The molecule has 1 saturated heterocycles. The molecule has 3 rings (SSSR count). The lowest BCUT2D eigenvalue weighted by Gasteiger charge is -2.42. The molecular formula is C22H27NO3. The Bertz CT molecular complexity index is 654. The molecule has 0 bridgehead atoms. The van der Waals surface area contributed by atoms with Crippen LogP contribution in [0, 0.1) is 5.92 Å². The van der Waals surface area contributed by atoms with Crippen LogP contribution in [-0.4, -0.2) is 42.7 Å². The topological polar surface area (TPSA) is 49.8 Å². The molecule has 138 valence electrons. The van der Waals surface area contributed by atoms with E-state index < -0.39 is 5.60 Å². The van der Waals surface area contributed by atoms with E-state index in [0.717, 1.165) is 37.1 Å². The molecule has 0 aromatic heterocycles. The average Bonchev–Trinajstić information content (AvgIpc) is 2.73. The van der Waals surface area contributed by atoms with Gasteiger partial charge in [0.05, 0.1) is 13.5 Å². The lowest BCUT2D eigenvalue weighted by molar-refractivity contribution is -0.141. The van der Waals surface area contributed by atoms with Gasteiger partial charge in [-0.3, -0.25) is 4.79 Å². The third kappa shape index (κ3) is 3.97. The molecule has 0 saturated carbocycles. The molecule has 1 aliphatic rings. The van der Waals surface area contributed by atoms with Gasteiger partial charge >= 0.3 is 5.97 Å². The van der Waals surface area contributed by atoms with Gasteiger partial charge in [0.25, 0.3) is 0 Å². The Hall–Kier alpha value is -2.17. The van der Waals surface area contributed by atoms with E-state index in [1.807, 2.05) is 60.7 Å². The normalized spacial score (nSPS) is 16.4. The highest BCUT2D eigenvalue weighted by molar-refractivity contribution is 5.69. The van der Waals surface area contributed by atoms with E-state index in [2.05, 4.69) is 4.90 Å². The third-order valence-electron chi connectivity index (χ3n) is 5.47. The fourth-order valence-corrected chi connectivity index (χ4v) is 3.95. The number of rotatable bonds is 6. The zero-order valence-corrected chi connectivity index (χ0v) is 15.3. The highest BCUT2D eigenvalue weighted by atomic mass is 16.5. The molecule has 0 amide bonds. The number of methoxy groups -OCH3 is 1. The number of carbonyl (C=O) groups is 1. The van der Waals surface area contributed by atoms with Gasteiger partial charge in [0, 0.05) is 6.54 Å². The van der Waals surface area contributed by atoms with E-state index >= 15 is 0 Å². The molecule has 2 aromatic carbocycles. The molecule has 1 aliphatic heterocycles. The van der Waals surface area contributed by atoms with Crippen LogP contribution in [0.25, 0.3) is 0 Å². The summed E-state index contributed by atoms with van der Waals surface area (Å²) < 4.78 is 4.73. The lowest BCUT2D eigenvalue weighted by atomic mass is 9.72. The average molecular weight is 353 g/mol. The Labute approximate surface area is 155 Å². The summed E-state index contributed by atoms with van der Waals surface area (Å²) in [5.41, 5.74) is 0.898. The Kier molecular flexibility index (Phi) is 6.07. The minimum absolute atomic E-state index is 0.140. The maximum Gasteiger partial charge on any atom is 0.306 e. The van der Waals surface area contributed by atoms with Crippen LogP contribution in [0.3, 0.4) is 0 Å². The maximum atomic E-state index is 11.8. The van der Waals surface area contributed by atoms with Gasteiger partial charge in [0.1, 0.15) is 5.60 Å². The number of carbonyl (C=O) groups excluding carboxylic acids is 1. The van der Waals surface area contributed by atoms with Crippen LogP contribution in [0.2, 0.25) is 0 Å². The van der Waals surface area contributed by atoms with E-state index in [9.17, 15) is 9.90 Å². The molecule has 4 heteroatoms. The Balaban J connectivity index is 1.77. The quantitative estimate of drug-likeness (QED) is 0.811. The van der Waals surface area contributed by atoms with Gasteiger partial charge in [-0.2, -0.15) is 0 Å². The number of benzene rings is 2. The van der Waals surface area contributed by atoms with Crippen molar-refractivity contribution in [3.05, 3.63) is 71.8 Å². The number of aliphatic hydroxyl groups is 1. The first-order chi connectivity index (χ1) is 12.6. The largest absolute Gasteiger partial charge is 0.469 e. The number of nitrogens with zero attached hydrogens (tertiary/aromatic N) is 1. The number of piperidine rings is 1. The highest BCUT2D eigenvalue weighted by Gasteiger charge is 2.41. The molecule has 0 aliphatic carbocycles. The fraction of sp³-hybridized carbons (Fsp3) is 0.409. The molecule has 0 spiro atoms. The summed E-state index contributed by atoms with van der Waals surface area (Å²) in [6, 6.07) is 19.9. The van der Waals surface area contributed by atoms with E-state index in [4.69, 9.17) is 4.74 Å². The first-order valence-corrected chi connectivity index (χ1v) is 9.27. The maximum absolute atomic E-state index is 11.8. The predicted octanol–water partition coefficient (Wildman–Crippen LogP) is 3.20. The number of esters is 1. The van der Waals surface area contributed by atoms with Gasteiger partial charge in [0.2, 0.25) is 0 Å². The van der Waals surface area contributed by atoms with Gasteiger partial charge < -0.3 is 14.7 Å². The molecule has 2 aromatic rings. The summed E-state index contributed by atoms with van der Waals surface area (Å²) in [5.74, 6) is -0.0288. The summed E-state index contributed by atoms with van der Waals surface area (Å²) in [6.07, 6.45) is 2.20. The smallest absolute Gasteiger partial charge is 0.306 e. The summed E-state index contributed by atoms with van der Waals surface area (Å²) in [4.78, 5) is 13.6. The van der Waals surface area contributed by atoms with Crippen molar-refractivity contribution in [1.29, 1.82) is 0 Å². The molecule has 26 heavy (non-hydrogen) atoms. The van der Waals surface area contributed by atoms with Crippen LogP contribution < -0.4 is 0 Å². The number of likely N-dealkylation sites (tertiary alicyclic amines) is 1. The van der Waals surface area contributed by atoms with Crippen LogP contribution in [0.15, 0.2) is 60.7 Å². The molecule has 0 radical (unpaired) electrons. The SMILES string of the molecule is COC(=O)CCN1CCC(C(O)(c2ccccc2)c2ccccc2)CC1. The third-order valence-corrected chi connectivity index (χ3v) is 5.47. The Morgan fingerprint density at radius 1 is 1.04 bits per heavy atom. The van der Waals surface area contributed by atoms with Gasteiger partial charge in [-0.25, -0.2) is 0 Å². The zero-order valence-electron chi connectivity index (χ0n) is 15.3. The van der Waals surface area contributed by atoms with E-state index in [-0.39, 0.29) is 11.9 Å². The molecule has 1 fully saturated rings. The van der Waals surface area contributed by atoms with Gasteiger partial charge in [0.15, 0.2) is 0 Å². The van der Waals surface area contributed by atoms with Crippen LogP contribution >= 0.6 is 0 Å². The summed E-state index contributed by atoms with van der Waals surface area (Å²) in [6.45, 7) is 2.47. The molecule has 1 heterocycles. The monoisotopic (exact) mass is 353 g/mol. The molecule has 0 atom stereocenters. The van der Waals surface area contributed by atoms with E-state index in [0.29, 0.717) is 13.0 Å². The van der Waals surface area contributed by atoms with Crippen molar-refractivity contribution in [3.8, 4) is 0 Å². The number of ether oxygens (including phenoxy) is 1. The number of hydrogen-bond acceptors (Lipinski definition) is 4. The second-order valence-corrected chi connectivity index (χ2v) is 6.94. The minimum atomic E-state index is -0.989. The molecular weight excluding hydrogens is 326 g/mol. The molecule has 0 unspecified atom stereocenters. The minimum Gasteiger partial charge on any atom is -0.469 e. The van der Waals surface area contributed by atoms with Crippen molar-refractivity contribution in [1.82, 2.24) is 4.90 Å².